The number of benzene rings is 3. The van der Waals surface area contributed by atoms with Crippen molar-refractivity contribution < 1.29 is 21.6 Å². The number of hydrogen-bond acceptors (Lipinski definition) is 5. The van der Waals surface area contributed by atoms with E-state index in [2.05, 4.69) is 10.1 Å². The van der Waals surface area contributed by atoms with E-state index in [-0.39, 0.29) is 21.0 Å². The molecule has 3 rings (SSSR count). The lowest BCUT2D eigenvalue weighted by atomic mass is 10.2. The third-order valence-corrected chi connectivity index (χ3v) is 6.74. The normalized spacial score (nSPS) is 11.6. The molecule has 0 saturated heterocycles. The Morgan fingerprint density at radius 1 is 0.700 bits per heavy atom. The van der Waals surface area contributed by atoms with Crippen LogP contribution in [0.2, 0.25) is 0 Å². The maximum absolute atomic E-state index is 12.4. The number of anilines is 1. The maximum atomic E-state index is 12.4. The van der Waals surface area contributed by atoms with Crippen LogP contribution in [0, 0.1) is 6.92 Å². The first kappa shape index (κ1) is 21.5. The third kappa shape index (κ3) is 5.23. The minimum absolute atomic E-state index is 0.00570. The highest BCUT2D eigenvalue weighted by atomic mass is 32.2. The van der Waals surface area contributed by atoms with Gasteiger partial charge in [0.05, 0.1) is 9.79 Å². The number of carbonyl (C=O) groups is 1. The van der Waals surface area contributed by atoms with Crippen molar-refractivity contribution in [1.29, 1.82) is 0 Å². The van der Waals surface area contributed by atoms with E-state index in [0.717, 1.165) is 5.56 Å². The molecule has 0 fully saturated rings. The second-order valence-corrected chi connectivity index (χ2v) is 9.73. The van der Waals surface area contributed by atoms with Crippen LogP contribution in [0.25, 0.3) is 0 Å². The van der Waals surface area contributed by atoms with E-state index in [0.29, 0.717) is 0 Å². The second kappa shape index (κ2) is 8.66. The molecule has 0 aliphatic rings. The Kier molecular flexibility index (Phi) is 6.20. The summed E-state index contributed by atoms with van der Waals surface area (Å²) in [6.45, 7) is 1.85. The highest BCUT2D eigenvalue weighted by Crippen LogP contribution is 2.17. The Balaban J connectivity index is 1.65. The maximum Gasteiger partial charge on any atom is 0.266 e. The van der Waals surface area contributed by atoms with Crippen molar-refractivity contribution in [3.05, 3.63) is 90.0 Å². The minimum Gasteiger partial charge on any atom is -0.280 e. The van der Waals surface area contributed by atoms with Crippen molar-refractivity contribution >= 4 is 31.6 Å². The van der Waals surface area contributed by atoms with Crippen LogP contribution >= 0.6 is 0 Å². The summed E-state index contributed by atoms with van der Waals surface area (Å²) in [4.78, 5) is 14.3. The van der Waals surface area contributed by atoms with Crippen LogP contribution in [0.1, 0.15) is 15.9 Å². The predicted molar refractivity (Wildman–Crippen MR) is 113 cm³/mol. The molecule has 30 heavy (non-hydrogen) atoms. The summed E-state index contributed by atoms with van der Waals surface area (Å²) in [5.41, 5.74) is 3.46. The largest absolute Gasteiger partial charge is 0.280 e. The molecule has 0 aliphatic carbocycles. The lowest BCUT2D eigenvalue weighted by Gasteiger charge is -2.10. The standard InChI is InChI=1S/C20H19N3O5S2/c1-15-7-13-19(14-8-15)29(25,26)22-17-11-9-16(10-12-17)20(24)21-23-30(27,28)18-5-3-2-4-6-18/h2-14,22-23H,1H3,(H,21,24). The summed E-state index contributed by atoms with van der Waals surface area (Å²) in [7, 11) is -7.67. The molecule has 3 aromatic rings. The van der Waals surface area contributed by atoms with E-state index in [1.807, 2.05) is 11.8 Å². The summed E-state index contributed by atoms with van der Waals surface area (Å²) in [6, 6.07) is 19.5. The van der Waals surface area contributed by atoms with Gasteiger partial charge in [0.15, 0.2) is 0 Å². The van der Waals surface area contributed by atoms with Gasteiger partial charge in [-0.3, -0.25) is 14.9 Å². The molecule has 3 N–H and O–H groups in total. The Labute approximate surface area is 175 Å². The van der Waals surface area contributed by atoms with E-state index in [1.54, 1.807) is 30.3 Å². The van der Waals surface area contributed by atoms with Gasteiger partial charge in [-0.1, -0.05) is 35.9 Å². The van der Waals surface area contributed by atoms with Gasteiger partial charge in [-0.15, -0.1) is 4.83 Å². The van der Waals surface area contributed by atoms with Gasteiger partial charge in [-0.25, -0.2) is 16.8 Å². The Hall–Kier alpha value is -3.21. The van der Waals surface area contributed by atoms with Gasteiger partial charge in [0.1, 0.15) is 0 Å². The topological polar surface area (TPSA) is 121 Å². The third-order valence-electron chi connectivity index (χ3n) is 4.08. The molecule has 0 spiro atoms. The van der Waals surface area contributed by atoms with Crippen molar-refractivity contribution in [2.24, 2.45) is 0 Å². The predicted octanol–water partition coefficient (Wildman–Crippen LogP) is 2.42. The van der Waals surface area contributed by atoms with Crippen LogP contribution in [0.3, 0.4) is 0 Å². The zero-order valence-electron chi connectivity index (χ0n) is 15.9. The number of amides is 1. The molecule has 0 unspecified atom stereocenters. The van der Waals surface area contributed by atoms with Crippen LogP contribution < -0.4 is 15.0 Å². The van der Waals surface area contributed by atoms with Crippen molar-refractivity contribution in [1.82, 2.24) is 10.3 Å². The summed E-state index contributed by atoms with van der Waals surface area (Å²) < 4.78 is 51.5. The van der Waals surface area contributed by atoms with Crippen molar-refractivity contribution in [2.75, 3.05) is 4.72 Å². The minimum atomic E-state index is -3.90. The average molecular weight is 446 g/mol. The van der Waals surface area contributed by atoms with Gasteiger partial charge in [-0.05, 0) is 55.5 Å². The number of rotatable bonds is 7. The Bertz CT molecular complexity index is 1240. The summed E-state index contributed by atoms with van der Waals surface area (Å²) in [5, 5.41) is 0. The summed E-state index contributed by atoms with van der Waals surface area (Å²) in [6.07, 6.45) is 0. The molecule has 0 heterocycles. The van der Waals surface area contributed by atoms with E-state index < -0.39 is 26.0 Å². The Morgan fingerprint density at radius 3 is 1.87 bits per heavy atom. The van der Waals surface area contributed by atoms with E-state index in [1.165, 1.54) is 48.5 Å². The molecule has 0 radical (unpaired) electrons. The summed E-state index contributed by atoms with van der Waals surface area (Å²) >= 11 is 0. The highest BCUT2D eigenvalue weighted by molar-refractivity contribution is 7.92. The smallest absolute Gasteiger partial charge is 0.266 e. The molecule has 1 amide bonds. The van der Waals surface area contributed by atoms with Gasteiger partial charge >= 0.3 is 0 Å². The molecule has 3 aromatic carbocycles. The summed E-state index contributed by atoms with van der Waals surface area (Å²) in [5.74, 6) is -0.692. The van der Waals surface area contributed by atoms with Gasteiger partial charge in [0.2, 0.25) is 0 Å². The molecular weight excluding hydrogens is 426 g/mol. The van der Waals surface area contributed by atoms with Crippen LogP contribution in [-0.4, -0.2) is 22.7 Å². The number of carbonyl (C=O) groups excluding carboxylic acids is 1. The first-order valence-electron chi connectivity index (χ1n) is 8.74. The number of aryl methyl sites for hydroxylation is 1. The van der Waals surface area contributed by atoms with Gasteiger partial charge in [-0.2, -0.15) is 0 Å². The quantitative estimate of drug-likeness (QED) is 0.482. The van der Waals surface area contributed by atoms with Crippen molar-refractivity contribution in [2.45, 2.75) is 16.7 Å². The number of nitrogens with one attached hydrogen (secondary N) is 3. The van der Waals surface area contributed by atoms with Gasteiger partial charge in [0.25, 0.3) is 26.0 Å². The van der Waals surface area contributed by atoms with E-state index in [4.69, 9.17) is 0 Å². The van der Waals surface area contributed by atoms with Crippen LogP contribution in [0.4, 0.5) is 5.69 Å². The lowest BCUT2D eigenvalue weighted by molar-refractivity contribution is 0.0945. The fraction of sp³-hybridized carbons (Fsp3) is 0.0500. The van der Waals surface area contributed by atoms with E-state index >= 15 is 0 Å². The molecular formula is C20H19N3O5S2. The zero-order valence-corrected chi connectivity index (χ0v) is 17.5. The molecule has 8 nitrogen and oxygen atoms in total. The first-order valence-corrected chi connectivity index (χ1v) is 11.7. The second-order valence-electron chi connectivity index (χ2n) is 6.37. The van der Waals surface area contributed by atoms with Crippen molar-refractivity contribution in [3.63, 3.8) is 0 Å². The fourth-order valence-corrected chi connectivity index (χ4v) is 4.38. The molecule has 0 aromatic heterocycles. The molecule has 10 heteroatoms. The molecule has 156 valence electrons. The highest BCUT2D eigenvalue weighted by Gasteiger charge is 2.16. The molecule has 0 bridgehead atoms. The van der Waals surface area contributed by atoms with E-state index in [9.17, 15) is 21.6 Å². The van der Waals surface area contributed by atoms with Gasteiger partial charge < -0.3 is 0 Å². The average Bonchev–Trinajstić information content (AvgIpc) is 2.73. The molecule has 0 atom stereocenters. The van der Waals surface area contributed by atoms with Crippen LogP contribution in [-0.2, 0) is 20.0 Å². The number of sulfonamides is 2. The monoisotopic (exact) mass is 445 g/mol. The lowest BCUT2D eigenvalue weighted by Crippen LogP contribution is -2.41. The zero-order chi connectivity index (χ0) is 21.8. The van der Waals surface area contributed by atoms with Crippen molar-refractivity contribution in [3.8, 4) is 0 Å². The van der Waals surface area contributed by atoms with Crippen LogP contribution in [0.15, 0.2) is 88.7 Å². The fourth-order valence-electron chi connectivity index (χ4n) is 2.47. The molecule has 0 saturated carbocycles. The van der Waals surface area contributed by atoms with Crippen LogP contribution in [0.5, 0.6) is 0 Å². The van der Waals surface area contributed by atoms with Gasteiger partial charge in [0, 0.05) is 11.3 Å². The number of hydrogen-bond donors (Lipinski definition) is 3. The SMILES string of the molecule is Cc1ccc(S(=O)(=O)Nc2ccc(C(=O)NNS(=O)(=O)c3ccccc3)cc2)cc1. The molecule has 0 aliphatic heterocycles. The Morgan fingerprint density at radius 2 is 1.27 bits per heavy atom. The first-order chi connectivity index (χ1) is 14.2. The number of hydrazine groups is 1.